The second-order valence-corrected chi connectivity index (χ2v) is 5.77. The van der Waals surface area contributed by atoms with Crippen LogP contribution in [0.25, 0.3) is 0 Å². The minimum absolute atomic E-state index is 0.0671. The van der Waals surface area contributed by atoms with E-state index in [0.29, 0.717) is 11.6 Å². The Hall–Kier alpha value is -1.04. The first-order valence-electron chi connectivity index (χ1n) is 4.30. The summed E-state index contributed by atoms with van der Waals surface area (Å²) in [5.41, 5.74) is 5.67. The summed E-state index contributed by atoms with van der Waals surface area (Å²) in [6, 6.07) is 0.120. The van der Waals surface area contributed by atoms with Crippen LogP contribution in [0.15, 0.2) is 6.20 Å². The van der Waals surface area contributed by atoms with E-state index in [4.69, 9.17) is 5.73 Å². The molecular formula is C8H15N3O2S. The zero-order chi connectivity index (χ0) is 10.9. The number of rotatable bonds is 3. The van der Waals surface area contributed by atoms with Crippen molar-refractivity contribution in [2.75, 3.05) is 12.0 Å². The largest absolute Gasteiger partial charge is 0.384 e. The number of nitrogen functional groups attached to an aromatic ring is 1. The molecule has 0 unspecified atom stereocenters. The van der Waals surface area contributed by atoms with E-state index in [2.05, 4.69) is 4.98 Å². The summed E-state index contributed by atoms with van der Waals surface area (Å²) in [7, 11) is -3.06. The lowest BCUT2D eigenvalue weighted by atomic mass is 10.4. The topological polar surface area (TPSA) is 78.0 Å². The predicted molar refractivity (Wildman–Crippen MR) is 55.6 cm³/mol. The number of aromatic nitrogens is 2. The Labute approximate surface area is 83.9 Å². The fourth-order valence-corrected chi connectivity index (χ4v) is 2.03. The van der Waals surface area contributed by atoms with Gasteiger partial charge in [0, 0.05) is 12.3 Å². The fourth-order valence-electron chi connectivity index (χ4n) is 1.35. The van der Waals surface area contributed by atoms with Crippen molar-refractivity contribution in [3.05, 3.63) is 12.0 Å². The van der Waals surface area contributed by atoms with Gasteiger partial charge in [-0.3, -0.25) is 0 Å². The first kappa shape index (κ1) is 11.0. The van der Waals surface area contributed by atoms with Crippen LogP contribution in [0.4, 0.5) is 5.82 Å². The highest BCUT2D eigenvalue weighted by Crippen LogP contribution is 2.16. The zero-order valence-electron chi connectivity index (χ0n) is 8.56. The Bertz CT molecular complexity index is 420. The van der Waals surface area contributed by atoms with Gasteiger partial charge in [0.2, 0.25) is 0 Å². The van der Waals surface area contributed by atoms with Gasteiger partial charge in [-0.05, 0) is 13.8 Å². The van der Waals surface area contributed by atoms with E-state index in [0.717, 1.165) is 0 Å². The summed E-state index contributed by atoms with van der Waals surface area (Å²) in [6.07, 6.45) is 2.67. The van der Waals surface area contributed by atoms with Gasteiger partial charge in [-0.2, -0.15) is 0 Å². The van der Waals surface area contributed by atoms with Crippen LogP contribution < -0.4 is 5.73 Å². The molecule has 14 heavy (non-hydrogen) atoms. The van der Waals surface area contributed by atoms with Gasteiger partial charge < -0.3 is 10.3 Å². The van der Waals surface area contributed by atoms with Crippen LogP contribution in [-0.2, 0) is 15.6 Å². The van der Waals surface area contributed by atoms with Crippen molar-refractivity contribution in [3.63, 3.8) is 0 Å². The first-order chi connectivity index (χ1) is 6.31. The third-order valence-corrected chi connectivity index (χ3v) is 2.59. The van der Waals surface area contributed by atoms with E-state index in [1.54, 1.807) is 4.57 Å². The quantitative estimate of drug-likeness (QED) is 0.803. The number of hydrogen-bond acceptors (Lipinski definition) is 4. The standard InChI is InChI=1S/C8H15N3O2S/c1-6(2)11-7(9)4-10-8(11)5-14(3,12)13/h4,6H,5,9H2,1-3H3. The second kappa shape index (κ2) is 3.61. The van der Waals surface area contributed by atoms with Crippen LogP contribution in [0.3, 0.4) is 0 Å². The van der Waals surface area contributed by atoms with E-state index in [1.165, 1.54) is 12.5 Å². The van der Waals surface area contributed by atoms with Crippen LogP contribution in [0.2, 0.25) is 0 Å². The molecule has 0 fully saturated rings. The molecule has 1 heterocycles. The summed E-state index contributed by atoms with van der Waals surface area (Å²) in [4.78, 5) is 3.98. The van der Waals surface area contributed by atoms with Crippen molar-refractivity contribution in [1.82, 2.24) is 9.55 Å². The van der Waals surface area contributed by atoms with Crippen molar-refractivity contribution in [3.8, 4) is 0 Å². The Morgan fingerprint density at radius 3 is 2.57 bits per heavy atom. The van der Waals surface area contributed by atoms with Gasteiger partial charge in [-0.15, -0.1) is 0 Å². The Morgan fingerprint density at radius 2 is 2.14 bits per heavy atom. The molecule has 80 valence electrons. The number of nitrogens with two attached hydrogens (primary N) is 1. The smallest absolute Gasteiger partial charge is 0.154 e. The number of anilines is 1. The Kier molecular flexibility index (Phi) is 2.84. The van der Waals surface area contributed by atoms with Crippen molar-refractivity contribution in [1.29, 1.82) is 0 Å². The van der Waals surface area contributed by atoms with Crippen LogP contribution in [0.1, 0.15) is 25.7 Å². The number of imidazole rings is 1. The number of hydrogen-bond donors (Lipinski definition) is 1. The molecule has 1 rings (SSSR count). The predicted octanol–water partition coefficient (Wildman–Crippen LogP) is 0.591. The van der Waals surface area contributed by atoms with Crippen LogP contribution in [0, 0.1) is 0 Å². The van der Waals surface area contributed by atoms with E-state index in [1.807, 2.05) is 13.8 Å². The molecule has 1 aromatic rings. The van der Waals surface area contributed by atoms with Gasteiger partial charge in [-0.25, -0.2) is 13.4 Å². The van der Waals surface area contributed by atoms with Crippen molar-refractivity contribution in [2.24, 2.45) is 0 Å². The molecule has 6 heteroatoms. The van der Waals surface area contributed by atoms with E-state index in [-0.39, 0.29) is 11.8 Å². The van der Waals surface area contributed by atoms with Crippen molar-refractivity contribution < 1.29 is 8.42 Å². The summed E-state index contributed by atoms with van der Waals surface area (Å²) in [6.45, 7) is 3.87. The van der Waals surface area contributed by atoms with Crippen LogP contribution in [-0.4, -0.2) is 24.2 Å². The lowest BCUT2D eigenvalue weighted by molar-refractivity contribution is 0.573. The molecule has 0 aliphatic carbocycles. The average Bonchev–Trinajstić information content (AvgIpc) is 2.27. The van der Waals surface area contributed by atoms with E-state index >= 15 is 0 Å². The van der Waals surface area contributed by atoms with Gasteiger partial charge >= 0.3 is 0 Å². The molecule has 0 aliphatic rings. The zero-order valence-corrected chi connectivity index (χ0v) is 9.37. The number of nitrogens with zero attached hydrogens (tertiary/aromatic N) is 2. The first-order valence-corrected chi connectivity index (χ1v) is 6.36. The molecule has 2 N–H and O–H groups in total. The maximum atomic E-state index is 11.1. The molecular weight excluding hydrogens is 202 g/mol. The summed E-state index contributed by atoms with van der Waals surface area (Å²) in [5.74, 6) is 0.932. The third kappa shape index (κ3) is 2.47. The maximum absolute atomic E-state index is 11.1. The van der Waals surface area contributed by atoms with E-state index in [9.17, 15) is 8.42 Å². The monoisotopic (exact) mass is 217 g/mol. The van der Waals surface area contributed by atoms with Gasteiger partial charge in [-0.1, -0.05) is 0 Å². The molecule has 0 atom stereocenters. The molecule has 5 nitrogen and oxygen atoms in total. The highest BCUT2D eigenvalue weighted by atomic mass is 32.2. The Balaban J connectivity index is 3.10. The van der Waals surface area contributed by atoms with E-state index < -0.39 is 9.84 Å². The SMILES string of the molecule is CC(C)n1c(N)cnc1CS(C)(=O)=O. The van der Waals surface area contributed by atoms with Gasteiger partial charge in [0.1, 0.15) is 17.4 Å². The lowest BCUT2D eigenvalue weighted by Crippen LogP contribution is -2.13. The highest BCUT2D eigenvalue weighted by Gasteiger charge is 2.14. The summed E-state index contributed by atoms with van der Waals surface area (Å²) < 4.78 is 23.9. The molecule has 0 amide bonds. The summed E-state index contributed by atoms with van der Waals surface area (Å²) in [5, 5.41) is 0. The minimum Gasteiger partial charge on any atom is -0.384 e. The fraction of sp³-hybridized carbons (Fsp3) is 0.625. The lowest BCUT2D eigenvalue weighted by Gasteiger charge is -2.12. The molecule has 0 aromatic carbocycles. The van der Waals surface area contributed by atoms with Crippen molar-refractivity contribution >= 4 is 15.7 Å². The molecule has 1 aromatic heterocycles. The normalized spacial score (nSPS) is 12.3. The second-order valence-electron chi connectivity index (χ2n) is 3.63. The van der Waals surface area contributed by atoms with Crippen LogP contribution >= 0.6 is 0 Å². The van der Waals surface area contributed by atoms with Gasteiger partial charge in [0.15, 0.2) is 9.84 Å². The van der Waals surface area contributed by atoms with Crippen molar-refractivity contribution in [2.45, 2.75) is 25.6 Å². The highest BCUT2D eigenvalue weighted by molar-refractivity contribution is 7.89. The summed E-state index contributed by atoms with van der Waals surface area (Å²) >= 11 is 0. The average molecular weight is 217 g/mol. The minimum atomic E-state index is -3.06. The molecule has 0 saturated carbocycles. The molecule has 0 saturated heterocycles. The van der Waals surface area contributed by atoms with Crippen LogP contribution in [0.5, 0.6) is 0 Å². The van der Waals surface area contributed by atoms with Gasteiger partial charge in [0.25, 0.3) is 0 Å². The van der Waals surface area contributed by atoms with Gasteiger partial charge in [0.05, 0.1) is 6.20 Å². The third-order valence-electron chi connectivity index (χ3n) is 1.81. The molecule has 0 bridgehead atoms. The molecule has 0 radical (unpaired) electrons. The number of sulfone groups is 1. The molecule has 0 spiro atoms. The maximum Gasteiger partial charge on any atom is 0.154 e. The Morgan fingerprint density at radius 1 is 1.57 bits per heavy atom. The molecule has 0 aliphatic heterocycles.